The summed E-state index contributed by atoms with van der Waals surface area (Å²) in [7, 11) is 0. The van der Waals surface area contributed by atoms with Gasteiger partial charge in [0.05, 0.1) is 5.57 Å². The topological polar surface area (TPSA) is 85.3 Å². The van der Waals surface area contributed by atoms with Gasteiger partial charge in [-0.3, -0.25) is 4.79 Å². The van der Waals surface area contributed by atoms with Gasteiger partial charge in [0.15, 0.2) is 17.3 Å². The number of carbonyl (C=O) groups is 1. The highest BCUT2D eigenvalue weighted by atomic mass is 16.7. The fourth-order valence-electron chi connectivity index (χ4n) is 2.13. The zero-order valence-corrected chi connectivity index (χ0v) is 12.0. The molecule has 2 N–H and O–H groups in total. The first kappa shape index (κ1) is 14.9. The molecule has 0 aromatic heterocycles. The van der Waals surface area contributed by atoms with Crippen LogP contribution in [0.25, 0.3) is 0 Å². The van der Waals surface area contributed by atoms with Crippen molar-refractivity contribution < 1.29 is 14.3 Å². The van der Waals surface area contributed by atoms with E-state index >= 15 is 0 Å². The van der Waals surface area contributed by atoms with Gasteiger partial charge in [0.1, 0.15) is 6.07 Å². The highest BCUT2D eigenvalue weighted by Crippen LogP contribution is 2.27. The van der Waals surface area contributed by atoms with Gasteiger partial charge in [0.2, 0.25) is 6.79 Å². The summed E-state index contributed by atoms with van der Waals surface area (Å²) < 4.78 is 10.7. The van der Waals surface area contributed by atoms with Crippen molar-refractivity contribution in [2.45, 2.75) is 32.6 Å². The van der Waals surface area contributed by atoms with Gasteiger partial charge >= 0.3 is 0 Å². The number of nitrogens with zero attached hydrogens (tertiary/aromatic N) is 1. The Labute approximate surface area is 124 Å². The zero-order valence-electron chi connectivity index (χ0n) is 12.0. The standard InChI is InChI=1S/C16H18N2O3/c1-2-4-14(19)12(9-17)7-11-8-16-15(20-10-21-16)6-3-5-13(11)18/h6-8H,2-5,10,18H2,1H3/b12-7+,13-11+,15-6?,16-8+. The van der Waals surface area contributed by atoms with Crippen molar-refractivity contribution in [3.05, 3.63) is 46.6 Å². The second-order valence-corrected chi connectivity index (χ2v) is 4.85. The fourth-order valence-corrected chi connectivity index (χ4v) is 2.13. The molecule has 0 amide bonds. The Kier molecular flexibility index (Phi) is 4.83. The number of hydrogen-bond acceptors (Lipinski definition) is 5. The Balaban J connectivity index is 2.37. The molecule has 0 bridgehead atoms. The largest absolute Gasteiger partial charge is 0.454 e. The molecule has 21 heavy (non-hydrogen) atoms. The first-order valence-electron chi connectivity index (χ1n) is 6.97. The summed E-state index contributed by atoms with van der Waals surface area (Å²) in [6, 6.07) is 1.96. The third-order valence-electron chi connectivity index (χ3n) is 3.27. The van der Waals surface area contributed by atoms with Gasteiger partial charge in [-0.2, -0.15) is 5.26 Å². The third kappa shape index (κ3) is 3.54. The molecular weight excluding hydrogens is 268 g/mol. The van der Waals surface area contributed by atoms with E-state index in [-0.39, 0.29) is 18.1 Å². The monoisotopic (exact) mass is 286 g/mol. The van der Waals surface area contributed by atoms with E-state index in [1.165, 1.54) is 0 Å². The number of carbonyl (C=O) groups excluding carboxylic acids is 1. The maximum Gasteiger partial charge on any atom is 0.231 e. The van der Waals surface area contributed by atoms with E-state index in [1.807, 2.05) is 19.1 Å². The molecule has 2 rings (SSSR count). The molecule has 1 heterocycles. The molecule has 0 spiro atoms. The number of rotatable bonds is 4. The normalized spacial score (nSPS) is 24.3. The molecule has 1 aliphatic heterocycles. The summed E-state index contributed by atoms with van der Waals surface area (Å²) in [6.45, 7) is 2.08. The molecule has 0 aromatic rings. The lowest BCUT2D eigenvalue weighted by Crippen LogP contribution is -2.06. The van der Waals surface area contributed by atoms with Gasteiger partial charge in [0, 0.05) is 12.1 Å². The number of ether oxygens (including phenoxy) is 2. The number of hydrogen-bond donors (Lipinski definition) is 1. The van der Waals surface area contributed by atoms with E-state index in [0.717, 1.165) is 6.42 Å². The van der Waals surface area contributed by atoms with Gasteiger partial charge in [-0.15, -0.1) is 0 Å². The van der Waals surface area contributed by atoms with Crippen molar-refractivity contribution in [2.75, 3.05) is 6.79 Å². The van der Waals surface area contributed by atoms with Gasteiger partial charge in [-0.05, 0) is 43.1 Å². The molecule has 0 unspecified atom stereocenters. The highest BCUT2D eigenvalue weighted by Gasteiger charge is 2.19. The van der Waals surface area contributed by atoms with E-state index in [4.69, 9.17) is 20.5 Å². The summed E-state index contributed by atoms with van der Waals surface area (Å²) in [6.07, 6.45) is 7.63. The molecule has 0 aromatic carbocycles. The van der Waals surface area contributed by atoms with Crippen LogP contribution in [0, 0.1) is 11.3 Å². The lowest BCUT2D eigenvalue weighted by molar-refractivity contribution is -0.115. The summed E-state index contributed by atoms with van der Waals surface area (Å²) in [5.41, 5.74) is 7.45. The molecule has 5 nitrogen and oxygen atoms in total. The number of ketones is 1. The van der Waals surface area contributed by atoms with Crippen LogP contribution in [-0.2, 0) is 14.3 Å². The van der Waals surface area contributed by atoms with E-state index in [2.05, 4.69) is 0 Å². The summed E-state index contributed by atoms with van der Waals surface area (Å²) in [4.78, 5) is 11.9. The second kappa shape index (κ2) is 6.80. The number of nitrogens with two attached hydrogens (primary N) is 1. The van der Waals surface area contributed by atoms with Crippen LogP contribution >= 0.6 is 0 Å². The molecule has 0 radical (unpaired) electrons. The van der Waals surface area contributed by atoms with Crippen LogP contribution in [0.4, 0.5) is 0 Å². The van der Waals surface area contributed by atoms with Crippen molar-refractivity contribution in [1.29, 1.82) is 5.26 Å². The van der Waals surface area contributed by atoms with Gasteiger partial charge in [0.25, 0.3) is 0 Å². The fraction of sp³-hybridized carbons (Fsp3) is 0.375. The van der Waals surface area contributed by atoms with E-state index in [9.17, 15) is 4.79 Å². The van der Waals surface area contributed by atoms with Gasteiger partial charge in [-0.1, -0.05) is 6.92 Å². The quantitative estimate of drug-likeness (QED) is 0.634. The second-order valence-electron chi connectivity index (χ2n) is 4.85. The van der Waals surface area contributed by atoms with E-state index < -0.39 is 0 Å². The van der Waals surface area contributed by atoms with Crippen molar-refractivity contribution in [3.8, 4) is 6.07 Å². The lowest BCUT2D eigenvalue weighted by Gasteiger charge is -2.09. The Morgan fingerprint density at radius 1 is 1.48 bits per heavy atom. The predicted molar refractivity (Wildman–Crippen MR) is 77.3 cm³/mol. The molecule has 0 atom stereocenters. The Hall–Kier alpha value is -2.48. The summed E-state index contributed by atoms with van der Waals surface area (Å²) in [5, 5.41) is 9.16. The SMILES string of the molecule is CCCC(=O)/C(C#N)=C/C1=C(\N)CCC=C2OCO\C2=C\1. The van der Waals surface area contributed by atoms with Crippen LogP contribution in [-0.4, -0.2) is 12.6 Å². The Bertz CT molecular complexity index is 604. The van der Waals surface area contributed by atoms with Crippen LogP contribution in [0.1, 0.15) is 32.6 Å². The molecule has 1 saturated heterocycles. The maximum atomic E-state index is 11.9. The minimum atomic E-state index is -0.167. The van der Waals surface area contributed by atoms with Crippen LogP contribution < -0.4 is 5.73 Å². The predicted octanol–water partition coefficient (Wildman–Crippen LogP) is 2.58. The van der Waals surface area contributed by atoms with E-state index in [1.54, 1.807) is 12.2 Å². The first-order valence-corrected chi connectivity index (χ1v) is 6.97. The molecule has 5 heteroatoms. The van der Waals surface area contributed by atoms with Crippen LogP contribution in [0.5, 0.6) is 0 Å². The molecule has 1 fully saturated rings. The van der Waals surface area contributed by atoms with Gasteiger partial charge in [-0.25, -0.2) is 0 Å². The van der Waals surface area contributed by atoms with Crippen molar-refractivity contribution >= 4 is 5.78 Å². The zero-order chi connectivity index (χ0) is 15.2. The van der Waals surface area contributed by atoms with Crippen LogP contribution in [0.2, 0.25) is 0 Å². The van der Waals surface area contributed by atoms with Gasteiger partial charge < -0.3 is 15.2 Å². The third-order valence-corrected chi connectivity index (χ3v) is 3.27. The molecule has 0 saturated carbocycles. The highest BCUT2D eigenvalue weighted by molar-refractivity contribution is 5.99. The number of allylic oxidation sites excluding steroid dienone is 6. The van der Waals surface area contributed by atoms with Crippen LogP contribution in [0.3, 0.4) is 0 Å². The average Bonchev–Trinajstić information content (AvgIpc) is 2.88. The maximum absolute atomic E-state index is 11.9. The van der Waals surface area contributed by atoms with Crippen molar-refractivity contribution in [1.82, 2.24) is 0 Å². The van der Waals surface area contributed by atoms with Crippen molar-refractivity contribution in [3.63, 3.8) is 0 Å². The molecule has 1 aliphatic carbocycles. The summed E-state index contributed by atoms with van der Waals surface area (Å²) in [5.74, 6) is 1.11. The number of fused-ring (bicyclic) bond motifs is 1. The minimum absolute atomic E-state index is 0.122. The Morgan fingerprint density at radius 2 is 2.24 bits per heavy atom. The smallest absolute Gasteiger partial charge is 0.231 e. The molecular formula is C16H18N2O3. The Morgan fingerprint density at radius 3 is 2.95 bits per heavy atom. The van der Waals surface area contributed by atoms with E-state index in [0.29, 0.717) is 42.1 Å². The lowest BCUT2D eigenvalue weighted by atomic mass is 10.0. The average molecular weight is 286 g/mol. The number of nitriles is 1. The molecule has 2 aliphatic rings. The summed E-state index contributed by atoms with van der Waals surface area (Å²) >= 11 is 0. The molecule has 110 valence electrons. The van der Waals surface area contributed by atoms with Crippen LogP contribution in [0.15, 0.2) is 46.6 Å². The van der Waals surface area contributed by atoms with Crippen molar-refractivity contribution in [2.24, 2.45) is 5.73 Å². The first-order chi connectivity index (χ1) is 10.2. The number of Topliss-reactive ketones (excluding diaryl/α,β-unsaturated/α-hetero) is 1. The minimum Gasteiger partial charge on any atom is -0.454 e.